The third kappa shape index (κ3) is 4.00. The molecule has 1 atom stereocenters. The summed E-state index contributed by atoms with van der Waals surface area (Å²) in [5, 5.41) is 19.9. The number of para-hydroxylation sites is 1. The van der Waals surface area contributed by atoms with Gasteiger partial charge in [0.2, 0.25) is 0 Å². The van der Waals surface area contributed by atoms with Crippen molar-refractivity contribution >= 4 is 5.69 Å². The van der Waals surface area contributed by atoms with E-state index in [1.165, 1.54) is 0 Å². The van der Waals surface area contributed by atoms with Crippen LogP contribution >= 0.6 is 0 Å². The quantitative estimate of drug-likeness (QED) is 0.608. The van der Waals surface area contributed by atoms with Crippen molar-refractivity contribution in [3.63, 3.8) is 0 Å². The highest BCUT2D eigenvalue weighted by Crippen LogP contribution is 2.18. The zero-order chi connectivity index (χ0) is 15.2. The van der Waals surface area contributed by atoms with Crippen LogP contribution in [0.2, 0.25) is 0 Å². The lowest BCUT2D eigenvalue weighted by Gasteiger charge is -2.35. The van der Waals surface area contributed by atoms with Gasteiger partial charge in [0, 0.05) is 44.4 Å². The maximum absolute atomic E-state index is 11.0. The Morgan fingerprint density at radius 1 is 1.33 bits per heavy atom. The van der Waals surface area contributed by atoms with Crippen LogP contribution in [0.15, 0.2) is 24.3 Å². The first-order chi connectivity index (χ1) is 10.1. The first-order valence-corrected chi connectivity index (χ1v) is 7.20. The Morgan fingerprint density at radius 2 is 2.00 bits per heavy atom. The lowest BCUT2D eigenvalue weighted by atomic mass is 10.1. The van der Waals surface area contributed by atoms with Gasteiger partial charge in [0.1, 0.15) is 0 Å². The summed E-state index contributed by atoms with van der Waals surface area (Å²) in [4.78, 5) is 15.1. The van der Waals surface area contributed by atoms with Crippen molar-refractivity contribution in [3.8, 4) is 6.07 Å². The standard InChI is InChI=1S/C15H20N4O2/c1-13(12-16)18-10-8-17(9-11-18)7-6-14-4-2-3-5-15(14)19(20)21/h2-5,13H,6-11H2,1H3. The molecular weight excluding hydrogens is 268 g/mol. The van der Waals surface area contributed by atoms with Gasteiger partial charge in [-0.05, 0) is 13.3 Å². The Labute approximate surface area is 124 Å². The number of nitro benzene ring substituents is 1. The van der Waals surface area contributed by atoms with E-state index >= 15 is 0 Å². The maximum atomic E-state index is 11.0. The van der Waals surface area contributed by atoms with Gasteiger partial charge >= 0.3 is 0 Å². The van der Waals surface area contributed by atoms with Crippen molar-refractivity contribution < 1.29 is 4.92 Å². The zero-order valence-corrected chi connectivity index (χ0v) is 12.2. The molecule has 1 aromatic rings. The van der Waals surface area contributed by atoms with Crippen LogP contribution in [0.4, 0.5) is 5.69 Å². The second-order valence-corrected chi connectivity index (χ2v) is 5.32. The topological polar surface area (TPSA) is 73.4 Å². The summed E-state index contributed by atoms with van der Waals surface area (Å²) < 4.78 is 0. The summed E-state index contributed by atoms with van der Waals surface area (Å²) in [5.41, 5.74) is 0.990. The van der Waals surface area contributed by atoms with E-state index in [0.29, 0.717) is 6.42 Å². The molecule has 0 bridgehead atoms. The molecule has 0 aliphatic carbocycles. The minimum absolute atomic E-state index is 0.0395. The van der Waals surface area contributed by atoms with Crippen molar-refractivity contribution in [1.29, 1.82) is 5.26 Å². The number of nitriles is 1. The van der Waals surface area contributed by atoms with E-state index in [1.807, 2.05) is 19.1 Å². The lowest BCUT2D eigenvalue weighted by molar-refractivity contribution is -0.385. The fourth-order valence-corrected chi connectivity index (χ4v) is 2.63. The molecule has 112 valence electrons. The van der Waals surface area contributed by atoms with E-state index in [4.69, 9.17) is 5.26 Å². The van der Waals surface area contributed by atoms with Gasteiger partial charge in [-0.2, -0.15) is 5.26 Å². The molecule has 0 amide bonds. The average molecular weight is 288 g/mol. The van der Waals surface area contributed by atoms with Crippen LogP contribution in [0, 0.1) is 21.4 Å². The Balaban J connectivity index is 1.86. The van der Waals surface area contributed by atoms with E-state index < -0.39 is 0 Å². The Kier molecular flexibility index (Phi) is 5.26. The number of piperazine rings is 1. The van der Waals surface area contributed by atoms with Crippen LogP contribution in [0.5, 0.6) is 0 Å². The Morgan fingerprint density at radius 3 is 2.62 bits per heavy atom. The van der Waals surface area contributed by atoms with Gasteiger partial charge in [0.05, 0.1) is 17.0 Å². The second-order valence-electron chi connectivity index (χ2n) is 5.32. The summed E-state index contributed by atoms with van der Waals surface area (Å²) in [6.45, 7) is 6.32. The number of rotatable bonds is 5. The first-order valence-electron chi connectivity index (χ1n) is 7.20. The van der Waals surface area contributed by atoms with Gasteiger partial charge < -0.3 is 4.90 Å². The predicted octanol–water partition coefficient (Wildman–Crippen LogP) is 1.67. The normalized spacial score (nSPS) is 18.1. The molecule has 1 aromatic carbocycles. The van der Waals surface area contributed by atoms with Crippen LogP contribution in [0.3, 0.4) is 0 Å². The molecular formula is C15H20N4O2. The predicted molar refractivity (Wildman–Crippen MR) is 79.9 cm³/mol. The first kappa shape index (κ1) is 15.4. The van der Waals surface area contributed by atoms with E-state index in [9.17, 15) is 10.1 Å². The Bertz CT molecular complexity index is 533. The molecule has 0 spiro atoms. The van der Waals surface area contributed by atoms with Gasteiger partial charge in [0.25, 0.3) is 5.69 Å². The minimum Gasteiger partial charge on any atom is -0.300 e. The number of nitrogens with zero attached hydrogens (tertiary/aromatic N) is 4. The molecule has 1 aliphatic heterocycles. The molecule has 1 unspecified atom stereocenters. The minimum atomic E-state index is -0.318. The van der Waals surface area contributed by atoms with E-state index in [-0.39, 0.29) is 16.7 Å². The molecule has 21 heavy (non-hydrogen) atoms. The zero-order valence-electron chi connectivity index (χ0n) is 12.2. The molecule has 1 aliphatic rings. The molecule has 1 saturated heterocycles. The van der Waals surface area contributed by atoms with Crippen LogP contribution in [0.25, 0.3) is 0 Å². The summed E-state index contributed by atoms with van der Waals surface area (Å²) in [7, 11) is 0. The summed E-state index contributed by atoms with van der Waals surface area (Å²) in [5.74, 6) is 0. The number of benzene rings is 1. The highest BCUT2D eigenvalue weighted by atomic mass is 16.6. The van der Waals surface area contributed by atoms with Gasteiger partial charge in [-0.25, -0.2) is 0 Å². The molecule has 0 saturated carbocycles. The van der Waals surface area contributed by atoms with Gasteiger partial charge in [0.15, 0.2) is 0 Å². The number of hydrogen-bond acceptors (Lipinski definition) is 5. The van der Waals surface area contributed by atoms with E-state index in [0.717, 1.165) is 38.3 Å². The average Bonchev–Trinajstić information content (AvgIpc) is 2.52. The Hall–Kier alpha value is -1.97. The van der Waals surface area contributed by atoms with E-state index in [1.54, 1.807) is 12.1 Å². The molecule has 6 nitrogen and oxygen atoms in total. The largest absolute Gasteiger partial charge is 0.300 e. The maximum Gasteiger partial charge on any atom is 0.272 e. The summed E-state index contributed by atoms with van der Waals surface area (Å²) in [6, 6.07) is 9.14. The SMILES string of the molecule is CC(C#N)N1CCN(CCc2ccccc2[N+](=O)[O-])CC1. The van der Waals surface area contributed by atoms with Crippen molar-refractivity contribution in [1.82, 2.24) is 9.80 Å². The monoisotopic (exact) mass is 288 g/mol. The lowest BCUT2D eigenvalue weighted by Crippen LogP contribution is -2.49. The van der Waals surface area contributed by atoms with Gasteiger partial charge in [-0.15, -0.1) is 0 Å². The fourth-order valence-electron chi connectivity index (χ4n) is 2.63. The highest BCUT2D eigenvalue weighted by Gasteiger charge is 2.21. The van der Waals surface area contributed by atoms with Crippen LogP contribution in [0.1, 0.15) is 12.5 Å². The van der Waals surface area contributed by atoms with Crippen LogP contribution in [-0.4, -0.2) is 53.5 Å². The van der Waals surface area contributed by atoms with Crippen molar-refractivity contribution in [3.05, 3.63) is 39.9 Å². The third-order valence-electron chi connectivity index (χ3n) is 4.03. The molecule has 0 N–H and O–H groups in total. The smallest absolute Gasteiger partial charge is 0.272 e. The van der Waals surface area contributed by atoms with Crippen molar-refractivity contribution in [2.24, 2.45) is 0 Å². The molecule has 2 rings (SSSR count). The van der Waals surface area contributed by atoms with Crippen LogP contribution < -0.4 is 0 Å². The number of nitro groups is 1. The molecule has 0 radical (unpaired) electrons. The fraction of sp³-hybridized carbons (Fsp3) is 0.533. The molecule has 6 heteroatoms. The van der Waals surface area contributed by atoms with E-state index in [2.05, 4.69) is 15.9 Å². The number of hydrogen-bond donors (Lipinski definition) is 0. The summed E-state index contributed by atoms with van der Waals surface area (Å²) >= 11 is 0. The van der Waals surface area contributed by atoms with Crippen molar-refractivity contribution in [2.75, 3.05) is 32.7 Å². The molecule has 0 aromatic heterocycles. The highest BCUT2D eigenvalue weighted by molar-refractivity contribution is 5.39. The molecule has 1 fully saturated rings. The van der Waals surface area contributed by atoms with Gasteiger partial charge in [-0.3, -0.25) is 15.0 Å². The summed E-state index contributed by atoms with van der Waals surface area (Å²) in [6.07, 6.45) is 0.685. The molecule has 1 heterocycles. The second kappa shape index (κ2) is 7.16. The third-order valence-corrected chi connectivity index (χ3v) is 4.03. The van der Waals surface area contributed by atoms with Gasteiger partial charge in [-0.1, -0.05) is 18.2 Å². The van der Waals surface area contributed by atoms with Crippen LogP contribution in [-0.2, 0) is 6.42 Å². The van der Waals surface area contributed by atoms with Crippen molar-refractivity contribution in [2.45, 2.75) is 19.4 Å².